The van der Waals surface area contributed by atoms with Crippen LogP contribution in [0, 0.1) is 0 Å². The molecule has 128 valence electrons. The van der Waals surface area contributed by atoms with E-state index in [-0.39, 0.29) is 5.91 Å². The highest BCUT2D eigenvalue weighted by atomic mass is 16.5. The molecule has 23 heavy (non-hydrogen) atoms. The van der Waals surface area contributed by atoms with Crippen molar-refractivity contribution in [1.82, 2.24) is 5.32 Å². The van der Waals surface area contributed by atoms with Gasteiger partial charge < -0.3 is 19.5 Å². The molecular formula is C18H27NO4. The van der Waals surface area contributed by atoms with Crippen LogP contribution in [-0.4, -0.2) is 39.9 Å². The predicted molar refractivity (Wildman–Crippen MR) is 91.9 cm³/mol. The van der Waals surface area contributed by atoms with Crippen LogP contribution in [0.1, 0.15) is 31.7 Å². The van der Waals surface area contributed by atoms with Crippen LogP contribution >= 0.6 is 0 Å². The number of hydrogen-bond donors (Lipinski definition) is 1. The summed E-state index contributed by atoms with van der Waals surface area (Å²) in [6.45, 7) is 3.83. The standard InChI is InChI=1S/C18H27NO4/c1-4-5-6-12-23-16-9-7-15(14-17(16)22-3)8-10-18(20)19-11-13-21-2/h7-10,14H,4-6,11-13H2,1-3H3,(H,19,20)/b10-8+. The fraction of sp³-hybridized carbons (Fsp3) is 0.500. The largest absolute Gasteiger partial charge is 0.493 e. The van der Waals surface area contributed by atoms with Gasteiger partial charge in [0.05, 0.1) is 20.3 Å². The summed E-state index contributed by atoms with van der Waals surface area (Å²) in [4.78, 5) is 11.6. The van der Waals surface area contributed by atoms with Crippen LogP contribution in [0.4, 0.5) is 0 Å². The Morgan fingerprint density at radius 3 is 2.70 bits per heavy atom. The average molecular weight is 321 g/mol. The van der Waals surface area contributed by atoms with Crippen molar-refractivity contribution in [2.75, 3.05) is 34.0 Å². The van der Waals surface area contributed by atoms with E-state index < -0.39 is 0 Å². The summed E-state index contributed by atoms with van der Waals surface area (Å²) >= 11 is 0. The van der Waals surface area contributed by atoms with Gasteiger partial charge in [-0.15, -0.1) is 0 Å². The summed E-state index contributed by atoms with van der Waals surface area (Å²) in [7, 11) is 3.21. The molecule has 1 N–H and O–H groups in total. The predicted octanol–water partition coefficient (Wildman–Crippen LogP) is 3.04. The van der Waals surface area contributed by atoms with Crippen LogP contribution in [0.15, 0.2) is 24.3 Å². The monoisotopic (exact) mass is 321 g/mol. The Morgan fingerprint density at radius 2 is 2.00 bits per heavy atom. The van der Waals surface area contributed by atoms with E-state index in [1.165, 1.54) is 6.08 Å². The lowest BCUT2D eigenvalue weighted by Gasteiger charge is -2.11. The van der Waals surface area contributed by atoms with Gasteiger partial charge in [0.15, 0.2) is 11.5 Å². The Bertz CT molecular complexity index is 500. The molecule has 0 aliphatic heterocycles. The summed E-state index contributed by atoms with van der Waals surface area (Å²) < 4.78 is 16.0. The van der Waals surface area contributed by atoms with Gasteiger partial charge in [0.1, 0.15) is 0 Å². The smallest absolute Gasteiger partial charge is 0.244 e. The first-order chi connectivity index (χ1) is 11.2. The van der Waals surface area contributed by atoms with Crippen molar-refractivity contribution < 1.29 is 19.0 Å². The molecule has 0 bridgehead atoms. The van der Waals surface area contributed by atoms with Crippen molar-refractivity contribution in [2.24, 2.45) is 0 Å². The van der Waals surface area contributed by atoms with Gasteiger partial charge in [-0.1, -0.05) is 25.8 Å². The molecule has 1 aromatic rings. The van der Waals surface area contributed by atoms with Gasteiger partial charge in [-0.05, 0) is 30.2 Å². The van der Waals surface area contributed by atoms with E-state index in [4.69, 9.17) is 14.2 Å². The van der Waals surface area contributed by atoms with Crippen LogP contribution in [0.3, 0.4) is 0 Å². The van der Waals surface area contributed by atoms with E-state index in [1.807, 2.05) is 18.2 Å². The SMILES string of the molecule is CCCCCOc1ccc(/C=C/C(=O)NCCOC)cc1OC. The first kappa shape index (κ1) is 19.0. The van der Waals surface area contributed by atoms with Crippen LogP contribution in [0.2, 0.25) is 0 Å². The van der Waals surface area contributed by atoms with Gasteiger partial charge >= 0.3 is 0 Å². The Balaban J connectivity index is 2.58. The third kappa shape index (κ3) is 7.70. The van der Waals surface area contributed by atoms with E-state index in [0.717, 1.165) is 30.6 Å². The van der Waals surface area contributed by atoms with E-state index in [0.29, 0.717) is 25.5 Å². The minimum absolute atomic E-state index is 0.152. The number of carbonyl (C=O) groups is 1. The molecule has 1 aromatic carbocycles. The van der Waals surface area contributed by atoms with Crippen molar-refractivity contribution in [3.63, 3.8) is 0 Å². The molecule has 0 atom stereocenters. The molecule has 0 heterocycles. The topological polar surface area (TPSA) is 56.8 Å². The lowest BCUT2D eigenvalue weighted by molar-refractivity contribution is -0.116. The fourth-order valence-corrected chi connectivity index (χ4v) is 1.95. The van der Waals surface area contributed by atoms with Gasteiger partial charge in [-0.25, -0.2) is 0 Å². The lowest BCUT2D eigenvalue weighted by Crippen LogP contribution is -2.24. The van der Waals surface area contributed by atoms with Crippen molar-refractivity contribution in [3.8, 4) is 11.5 Å². The molecule has 0 saturated heterocycles. The first-order valence-corrected chi connectivity index (χ1v) is 7.97. The molecule has 5 nitrogen and oxygen atoms in total. The van der Waals surface area contributed by atoms with Crippen molar-refractivity contribution in [3.05, 3.63) is 29.8 Å². The van der Waals surface area contributed by atoms with E-state index in [9.17, 15) is 4.79 Å². The number of amides is 1. The Hall–Kier alpha value is -2.01. The first-order valence-electron chi connectivity index (χ1n) is 7.97. The summed E-state index contributed by atoms with van der Waals surface area (Å²) in [5, 5.41) is 2.73. The van der Waals surface area contributed by atoms with E-state index >= 15 is 0 Å². The number of unbranched alkanes of at least 4 members (excludes halogenated alkanes) is 2. The zero-order chi connectivity index (χ0) is 16.9. The Morgan fingerprint density at radius 1 is 1.17 bits per heavy atom. The molecule has 0 radical (unpaired) electrons. The van der Waals surface area contributed by atoms with Crippen LogP contribution in [-0.2, 0) is 9.53 Å². The van der Waals surface area contributed by atoms with Crippen molar-refractivity contribution in [1.29, 1.82) is 0 Å². The molecule has 1 amide bonds. The lowest BCUT2D eigenvalue weighted by atomic mass is 10.2. The van der Waals surface area contributed by atoms with Gasteiger partial charge in [-0.2, -0.15) is 0 Å². The van der Waals surface area contributed by atoms with Crippen LogP contribution in [0.25, 0.3) is 6.08 Å². The number of nitrogens with one attached hydrogen (secondary N) is 1. The number of benzene rings is 1. The molecule has 0 aliphatic carbocycles. The maximum Gasteiger partial charge on any atom is 0.244 e. The molecule has 0 aliphatic rings. The minimum Gasteiger partial charge on any atom is -0.493 e. The normalized spacial score (nSPS) is 10.7. The van der Waals surface area contributed by atoms with E-state index in [1.54, 1.807) is 20.3 Å². The summed E-state index contributed by atoms with van der Waals surface area (Å²) in [6.07, 6.45) is 6.58. The van der Waals surface area contributed by atoms with Crippen molar-refractivity contribution >= 4 is 12.0 Å². The van der Waals surface area contributed by atoms with Crippen molar-refractivity contribution in [2.45, 2.75) is 26.2 Å². The number of ether oxygens (including phenoxy) is 3. The second-order valence-corrected chi connectivity index (χ2v) is 5.08. The number of hydrogen-bond acceptors (Lipinski definition) is 4. The van der Waals surface area contributed by atoms with Gasteiger partial charge in [0.25, 0.3) is 0 Å². The Labute approximate surface area is 138 Å². The maximum atomic E-state index is 11.6. The third-order valence-electron chi connectivity index (χ3n) is 3.23. The molecule has 0 saturated carbocycles. The van der Waals surface area contributed by atoms with Crippen LogP contribution < -0.4 is 14.8 Å². The number of carbonyl (C=O) groups excluding carboxylic acids is 1. The third-order valence-corrected chi connectivity index (χ3v) is 3.23. The Kier molecular flexibility index (Phi) is 9.55. The molecular weight excluding hydrogens is 294 g/mol. The van der Waals surface area contributed by atoms with Gasteiger partial charge in [-0.3, -0.25) is 4.79 Å². The number of rotatable bonds is 11. The molecule has 0 aromatic heterocycles. The number of methoxy groups -OCH3 is 2. The summed E-state index contributed by atoms with van der Waals surface area (Å²) in [6, 6.07) is 5.62. The molecule has 0 spiro atoms. The highest BCUT2D eigenvalue weighted by Crippen LogP contribution is 2.28. The minimum atomic E-state index is -0.152. The van der Waals surface area contributed by atoms with Crippen LogP contribution in [0.5, 0.6) is 11.5 Å². The van der Waals surface area contributed by atoms with E-state index in [2.05, 4.69) is 12.2 Å². The molecule has 0 fully saturated rings. The molecule has 1 rings (SSSR count). The zero-order valence-electron chi connectivity index (χ0n) is 14.3. The van der Waals surface area contributed by atoms with Gasteiger partial charge in [0.2, 0.25) is 5.91 Å². The maximum absolute atomic E-state index is 11.6. The summed E-state index contributed by atoms with van der Waals surface area (Å²) in [5.74, 6) is 1.25. The summed E-state index contributed by atoms with van der Waals surface area (Å²) in [5.41, 5.74) is 0.879. The zero-order valence-corrected chi connectivity index (χ0v) is 14.3. The highest BCUT2D eigenvalue weighted by Gasteiger charge is 2.05. The van der Waals surface area contributed by atoms with Gasteiger partial charge in [0, 0.05) is 19.7 Å². The fourth-order valence-electron chi connectivity index (χ4n) is 1.95. The molecule has 0 unspecified atom stereocenters. The second-order valence-electron chi connectivity index (χ2n) is 5.08. The molecule has 5 heteroatoms. The highest BCUT2D eigenvalue weighted by molar-refractivity contribution is 5.91. The quantitative estimate of drug-likeness (QED) is 0.503. The second kappa shape index (κ2) is 11.5. The average Bonchev–Trinajstić information content (AvgIpc) is 2.57.